The molecule has 1 aliphatic carbocycles. The summed E-state index contributed by atoms with van der Waals surface area (Å²) in [6, 6.07) is 15.2. The normalized spacial score (nSPS) is 17.2. The summed E-state index contributed by atoms with van der Waals surface area (Å²) in [7, 11) is 0. The average Bonchev–Trinajstić information content (AvgIpc) is 2.49. The lowest BCUT2D eigenvalue weighted by Crippen LogP contribution is -2.31. The summed E-state index contributed by atoms with van der Waals surface area (Å²) < 4.78 is 0. The molecule has 21 heavy (non-hydrogen) atoms. The van der Waals surface area contributed by atoms with Gasteiger partial charge in [-0.15, -0.1) is 0 Å². The molecular weight excluding hydrogens is 262 g/mol. The smallest absolute Gasteiger partial charge is 0.228 e. The fourth-order valence-corrected chi connectivity index (χ4v) is 2.78. The molecule has 3 heteroatoms. The van der Waals surface area contributed by atoms with Gasteiger partial charge in [0.25, 0.3) is 0 Å². The molecule has 0 bridgehead atoms. The number of anilines is 1. The molecule has 3 rings (SSSR count). The summed E-state index contributed by atoms with van der Waals surface area (Å²) in [5, 5.41) is 2.94. The van der Waals surface area contributed by atoms with Gasteiger partial charge in [0.15, 0.2) is 5.78 Å². The number of rotatable bonds is 2. The van der Waals surface area contributed by atoms with Gasteiger partial charge in [0, 0.05) is 23.6 Å². The standard InChI is InChI=1S/C18H17NO2/c1-12-6-2-5-9-16(12)19-18(21)14-10-13-7-3-4-8-15(13)17(20)11-14/h2-9,14H,10-11H2,1H3,(H,19,21). The maximum Gasteiger partial charge on any atom is 0.228 e. The minimum absolute atomic E-state index is 0.0572. The number of carbonyl (C=O) groups excluding carboxylic acids is 2. The van der Waals surface area contributed by atoms with E-state index in [2.05, 4.69) is 5.32 Å². The maximum atomic E-state index is 12.4. The molecular formula is C18H17NO2. The van der Waals surface area contributed by atoms with Crippen molar-refractivity contribution in [2.45, 2.75) is 19.8 Å². The van der Waals surface area contributed by atoms with Crippen LogP contribution in [0, 0.1) is 12.8 Å². The molecule has 0 saturated heterocycles. The summed E-state index contributed by atoms with van der Waals surface area (Å²) in [5.74, 6) is -0.305. The molecule has 0 aromatic heterocycles. The highest BCUT2D eigenvalue weighted by Crippen LogP contribution is 2.26. The van der Waals surface area contributed by atoms with Gasteiger partial charge in [0.2, 0.25) is 5.91 Å². The first-order valence-corrected chi connectivity index (χ1v) is 7.13. The van der Waals surface area contributed by atoms with E-state index in [0.717, 1.165) is 22.4 Å². The maximum absolute atomic E-state index is 12.4. The van der Waals surface area contributed by atoms with Gasteiger partial charge in [-0.1, -0.05) is 42.5 Å². The van der Waals surface area contributed by atoms with Crippen molar-refractivity contribution in [2.75, 3.05) is 5.32 Å². The quantitative estimate of drug-likeness (QED) is 0.916. The zero-order chi connectivity index (χ0) is 14.8. The van der Waals surface area contributed by atoms with Crippen LogP contribution < -0.4 is 5.32 Å². The molecule has 0 saturated carbocycles. The predicted octanol–water partition coefficient (Wildman–Crippen LogP) is 3.38. The topological polar surface area (TPSA) is 46.2 Å². The van der Waals surface area contributed by atoms with Gasteiger partial charge < -0.3 is 5.32 Å². The number of aryl methyl sites for hydroxylation is 1. The molecule has 0 heterocycles. The second-order valence-electron chi connectivity index (χ2n) is 5.49. The zero-order valence-corrected chi connectivity index (χ0v) is 11.9. The molecule has 0 aliphatic heterocycles. The Balaban J connectivity index is 1.78. The number of hydrogen-bond acceptors (Lipinski definition) is 2. The van der Waals surface area contributed by atoms with Crippen molar-refractivity contribution >= 4 is 17.4 Å². The van der Waals surface area contributed by atoms with E-state index in [4.69, 9.17) is 0 Å². The van der Waals surface area contributed by atoms with Gasteiger partial charge in [-0.3, -0.25) is 9.59 Å². The highest BCUT2D eigenvalue weighted by molar-refractivity contribution is 6.04. The number of nitrogens with one attached hydrogen (secondary N) is 1. The first-order chi connectivity index (χ1) is 10.1. The highest BCUT2D eigenvalue weighted by Gasteiger charge is 2.29. The number of ketones is 1. The Morgan fingerprint density at radius 3 is 2.57 bits per heavy atom. The highest BCUT2D eigenvalue weighted by atomic mass is 16.2. The largest absolute Gasteiger partial charge is 0.326 e. The van der Waals surface area contributed by atoms with Crippen LogP contribution in [0.3, 0.4) is 0 Å². The summed E-state index contributed by atoms with van der Waals surface area (Å²) in [4.78, 5) is 24.6. The second-order valence-corrected chi connectivity index (χ2v) is 5.49. The Hall–Kier alpha value is -2.42. The van der Waals surface area contributed by atoms with Crippen LogP contribution in [0.1, 0.15) is 27.9 Å². The van der Waals surface area contributed by atoms with Crippen molar-refractivity contribution in [2.24, 2.45) is 5.92 Å². The van der Waals surface area contributed by atoms with Gasteiger partial charge >= 0.3 is 0 Å². The van der Waals surface area contributed by atoms with E-state index in [1.807, 2.05) is 55.5 Å². The fraction of sp³-hybridized carbons (Fsp3) is 0.222. The van der Waals surface area contributed by atoms with E-state index in [1.165, 1.54) is 0 Å². The predicted molar refractivity (Wildman–Crippen MR) is 82.4 cm³/mol. The number of hydrogen-bond donors (Lipinski definition) is 1. The van der Waals surface area contributed by atoms with Gasteiger partial charge in [0.1, 0.15) is 0 Å². The number of amides is 1. The Morgan fingerprint density at radius 2 is 1.76 bits per heavy atom. The lowest BCUT2D eigenvalue weighted by Gasteiger charge is -2.23. The van der Waals surface area contributed by atoms with E-state index >= 15 is 0 Å². The Kier molecular flexibility index (Phi) is 3.57. The molecule has 1 atom stereocenters. The molecule has 2 aromatic carbocycles. The Morgan fingerprint density at radius 1 is 1.05 bits per heavy atom. The van der Waals surface area contributed by atoms with E-state index in [1.54, 1.807) is 0 Å². The fourth-order valence-electron chi connectivity index (χ4n) is 2.78. The lowest BCUT2D eigenvalue weighted by atomic mass is 9.82. The molecule has 0 radical (unpaired) electrons. The van der Waals surface area contributed by atoms with Crippen molar-refractivity contribution < 1.29 is 9.59 Å². The number of para-hydroxylation sites is 1. The summed E-state index contributed by atoms with van der Waals surface area (Å²) in [5.41, 5.74) is 3.57. The average molecular weight is 279 g/mol. The second kappa shape index (κ2) is 5.52. The molecule has 3 nitrogen and oxygen atoms in total. The molecule has 1 N–H and O–H groups in total. The summed E-state index contributed by atoms with van der Waals surface area (Å²) >= 11 is 0. The van der Waals surface area contributed by atoms with E-state index in [9.17, 15) is 9.59 Å². The molecule has 106 valence electrons. The number of Topliss-reactive ketones (excluding diaryl/α,β-unsaturated/α-hetero) is 1. The van der Waals surface area contributed by atoms with E-state index in [-0.39, 0.29) is 24.0 Å². The number of fused-ring (bicyclic) bond motifs is 1. The van der Waals surface area contributed by atoms with Crippen LogP contribution in [0.2, 0.25) is 0 Å². The van der Waals surface area contributed by atoms with E-state index < -0.39 is 0 Å². The molecule has 1 unspecified atom stereocenters. The minimum atomic E-state index is -0.285. The van der Waals surface area contributed by atoms with Crippen LogP contribution in [0.15, 0.2) is 48.5 Å². The van der Waals surface area contributed by atoms with Crippen molar-refractivity contribution in [3.8, 4) is 0 Å². The van der Waals surface area contributed by atoms with Crippen LogP contribution in [0.4, 0.5) is 5.69 Å². The van der Waals surface area contributed by atoms with Crippen LogP contribution >= 0.6 is 0 Å². The third-order valence-electron chi connectivity index (χ3n) is 3.99. The van der Waals surface area contributed by atoms with Crippen molar-refractivity contribution in [1.82, 2.24) is 0 Å². The van der Waals surface area contributed by atoms with Crippen molar-refractivity contribution in [3.05, 3.63) is 65.2 Å². The third-order valence-corrected chi connectivity index (χ3v) is 3.99. The van der Waals surface area contributed by atoms with Crippen molar-refractivity contribution in [3.63, 3.8) is 0 Å². The molecule has 0 fully saturated rings. The van der Waals surface area contributed by atoms with Gasteiger partial charge in [-0.05, 0) is 30.5 Å². The monoisotopic (exact) mass is 279 g/mol. The van der Waals surface area contributed by atoms with Gasteiger partial charge in [-0.25, -0.2) is 0 Å². The number of benzene rings is 2. The number of carbonyl (C=O) groups is 2. The van der Waals surface area contributed by atoms with Crippen molar-refractivity contribution in [1.29, 1.82) is 0 Å². The molecule has 2 aromatic rings. The molecule has 0 spiro atoms. The summed E-state index contributed by atoms with van der Waals surface area (Å²) in [6.07, 6.45) is 0.911. The first kappa shape index (κ1) is 13.6. The third kappa shape index (κ3) is 2.72. The van der Waals surface area contributed by atoms with Crippen LogP contribution in [0.5, 0.6) is 0 Å². The lowest BCUT2D eigenvalue weighted by molar-refractivity contribution is -0.119. The molecule has 1 aliphatic rings. The van der Waals surface area contributed by atoms with E-state index in [0.29, 0.717) is 6.42 Å². The van der Waals surface area contributed by atoms with Crippen LogP contribution in [-0.4, -0.2) is 11.7 Å². The van der Waals surface area contributed by atoms with Crippen LogP contribution in [-0.2, 0) is 11.2 Å². The Labute approximate surface area is 124 Å². The minimum Gasteiger partial charge on any atom is -0.326 e. The first-order valence-electron chi connectivity index (χ1n) is 7.13. The van der Waals surface area contributed by atoms with Gasteiger partial charge in [0.05, 0.1) is 0 Å². The Bertz CT molecular complexity index is 706. The van der Waals surface area contributed by atoms with Crippen LogP contribution in [0.25, 0.3) is 0 Å². The summed E-state index contributed by atoms with van der Waals surface area (Å²) in [6.45, 7) is 1.96. The van der Waals surface area contributed by atoms with Gasteiger partial charge in [-0.2, -0.15) is 0 Å². The zero-order valence-electron chi connectivity index (χ0n) is 11.9. The SMILES string of the molecule is Cc1ccccc1NC(=O)C1CC(=O)c2ccccc2C1. The molecule has 1 amide bonds.